The lowest BCUT2D eigenvalue weighted by molar-refractivity contribution is 0.0950. The van der Waals surface area contributed by atoms with Crippen LogP contribution in [0.3, 0.4) is 0 Å². The smallest absolute Gasteiger partial charge is 0.251 e. The molecule has 0 fully saturated rings. The van der Waals surface area contributed by atoms with Crippen molar-refractivity contribution in [3.05, 3.63) is 32.4 Å². The van der Waals surface area contributed by atoms with E-state index in [0.29, 0.717) is 10.6 Å². The minimum absolute atomic E-state index is 0.0499. The van der Waals surface area contributed by atoms with Gasteiger partial charge in [0.05, 0.1) is 9.77 Å². The van der Waals surface area contributed by atoms with Crippen molar-refractivity contribution in [2.45, 2.75) is 18.6 Å². The zero-order chi connectivity index (χ0) is 14.8. The van der Waals surface area contributed by atoms with Gasteiger partial charge in [0.2, 0.25) is 0 Å². The van der Waals surface area contributed by atoms with E-state index in [1.165, 1.54) is 0 Å². The lowest BCUT2D eigenvalue weighted by Crippen LogP contribution is -2.43. The van der Waals surface area contributed by atoms with Crippen molar-refractivity contribution in [1.82, 2.24) is 5.32 Å². The lowest BCUT2D eigenvalue weighted by Gasteiger charge is -2.22. The summed E-state index contributed by atoms with van der Waals surface area (Å²) in [6.45, 7) is 3.20. The van der Waals surface area contributed by atoms with E-state index in [2.05, 4.69) is 27.9 Å². The van der Waals surface area contributed by atoms with Crippen molar-refractivity contribution in [3.63, 3.8) is 0 Å². The molecule has 1 aromatic carbocycles. The maximum Gasteiger partial charge on any atom is 0.251 e. The molecule has 1 rings (SSSR count). The summed E-state index contributed by atoms with van der Waals surface area (Å²) in [4.78, 5) is 11.9. The molecule has 1 aromatic rings. The molecule has 4 nitrogen and oxygen atoms in total. The van der Waals surface area contributed by atoms with Gasteiger partial charge in [0.15, 0.2) is 9.84 Å². The first-order valence-corrected chi connectivity index (χ1v) is 8.82. The molecule has 0 bridgehead atoms. The Labute approximate surface area is 132 Å². The van der Waals surface area contributed by atoms with Crippen molar-refractivity contribution in [2.75, 3.05) is 12.8 Å². The Balaban J connectivity index is 2.79. The summed E-state index contributed by atoms with van der Waals surface area (Å²) in [5.41, 5.74) is 0.412. The van der Waals surface area contributed by atoms with Gasteiger partial charge in [-0.3, -0.25) is 4.79 Å². The first-order valence-electron chi connectivity index (χ1n) is 5.47. The second-order valence-corrected chi connectivity index (χ2v) is 9.06. The number of sulfone groups is 1. The van der Waals surface area contributed by atoms with Gasteiger partial charge in [-0.05, 0) is 54.6 Å². The average molecular weight is 416 g/mol. The Hall–Kier alpha value is -0.340. The molecule has 106 valence electrons. The molecule has 0 saturated carbocycles. The highest BCUT2D eigenvalue weighted by molar-refractivity contribution is 14.1. The molecule has 0 saturated heterocycles. The van der Waals surface area contributed by atoms with Gasteiger partial charge < -0.3 is 5.32 Å². The fraction of sp³-hybridized carbons (Fsp3) is 0.417. The van der Waals surface area contributed by atoms with Gasteiger partial charge in [0, 0.05) is 21.9 Å². The molecule has 0 radical (unpaired) electrons. The number of hydrogen-bond acceptors (Lipinski definition) is 3. The number of rotatable bonds is 4. The van der Waals surface area contributed by atoms with Gasteiger partial charge in [-0.1, -0.05) is 11.6 Å². The number of carbonyl (C=O) groups excluding carboxylic acids is 1. The highest BCUT2D eigenvalue weighted by Gasteiger charge is 2.30. The highest BCUT2D eigenvalue weighted by Crippen LogP contribution is 2.20. The van der Waals surface area contributed by atoms with E-state index in [1.54, 1.807) is 32.0 Å². The van der Waals surface area contributed by atoms with Crippen LogP contribution in [0.5, 0.6) is 0 Å². The van der Waals surface area contributed by atoms with Crippen molar-refractivity contribution >= 4 is 49.9 Å². The van der Waals surface area contributed by atoms with Gasteiger partial charge in [-0.25, -0.2) is 8.42 Å². The van der Waals surface area contributed by atoms with Crippen LogP contribution in [0, 0.1) is 3.57 Å². The second-order valence-electron chi connectivity index (χ2n) is 4.84. The van der Waals surface area contributed by atoms with Crippen molar-refractivity contribution in [2.24, 2.45) is 0 Å². The Morgan fingerprint density at radius 1 is 1.42 bits per heavy atom. The average Bonchev–Trinajstić information content (AvgIpc) is 2.28. The first-order chi connectivity index (χ1) is 8.54. The van der Waals surface area contributed by atoms with Gasteiger partial charge in [-0.2, -0.15) is 0 Å². The van der Waals surface area contributed by atoms with Crippen LogP contribution >= 0.6 is 34.2 Å². The molecular formula is C12H15ClINO3S. The number of hydrogen-bond donors (Lipinski definition) is 1. The van der Waals surface area contributed by atoms with Gasteiger partial charge in [0.1, 0.15) is 0 Å². The number of benzene rings is 1. The summed E-state index contributed by atoms with van der Waals surface area (Å²) in [5, 5.41) is 3.11. The molecule has 0 aromatic heterocycles. The Kier molecular flexibility index (Phi) is 5.25. The predicted octanol–water partition coefficient (Wildman–Crippen LogP) is 2.50. The number of amides is 1. The Bertz CT molecular complexity index is 599. The van der Waals surface area contributed by atoms with Gasteiger partial charge >= 0.3 is 0 Å². The molecule has 0 aliphatic carbocycles. The van der Waals surface area contributed by atoms with E-state index in [4.69, 9.17) is 11.6 Å². The fourth-order valence-electron chi connectivity index (χ4n) is 1.16. The molecule has 0 spiro atoms. The van der Waals surface area contributed by atoms with Crippen molar-refractivity contribution in [3.8, 4) is 0 Å². The van der Waals surface area contributed by atoms with Crippen LogP contribution < -0.4 is 5.32 Å². The van der Waals surface area contributed by atoms with Crippen molar-refractivity contribution < 1.29 is 13.2 Å². The molecule has 7 heteroatoms. The van der Waals surface area contributed by atoms with E-state index in [9.17, 15) is 13.2 Å². The fourth-order valence-corrected chi connectivity index (χ4v) is 2.01. The quantitative estimate of drug-likeness (QED) is 0.769. The largest absolute Gasteiger partial charge is 0.350 e. The van der Waals surface area contributed by atoms with Crippen LogP contribution in [-0.2, 0) is 9.84 Å². The summed E-state index contributed by atoms with van der Waals surface area (Å²) in [6.07, 6.45) is 1.15. The second kappa shape index (κ2) is 5.97. The molecule has 19 heavy (non-hydrogen) atoms. The molecular weight excluding hydrogens is 401 g/mol. The van der Waals surface area contributed by atoms with E-state index >= 15 is 0 Å². The van der Waals surface area contributed by atoms with Crippen LogP contribution in [0.1, 0.15) is 24.2 Å². The van der Waals surface area contributed by atoms with Crippen molar-refractivity contribution in [1.29, 1.82) is 0 Å². The number of halogens is 2. The Morgan fingerprint density at radius 2 is 2.00 bits per heavy atom. The zero-order valence-corrected chi connectivity index (χ0v) is 14.6. The van der Waals surface area contributed by atoms with E-state index in [-0.39, 0.29) is 12.5 Å². The maximum absolute atomic E-state index is 11.9. The summed E-state index contributed by atoms with van der Waals surface area (Å²) in [7, 11) is -3.24. The lowest BCUT2D eigenvalue weighted by atomic mass is 10.2. The van der Waals surface area contributed by atoms with Gasteiger partial charge in [-0.15, -0.1) is 0 Å². The molecule has 1 N–H and O–H groups in total. The predicted molar refractivity (Wildman–Crippen MR) is 85.4 cm³/mol. The SMILES string of the molecule is CC(C)(CNC(=O)c1ccc(I)c(Cl)c1)S(C)(=O)=O. The van der Waals surface area contributed by atoms with Crippen LogP contribution in [0.25, 0.3) is 0 Å². The summed E-state index contributed by atoms with van der Waals surface area (Å²) < 4.78 is 22.9. The van der Waals surface area contributed by atoms with Crippen LogP contribution in [-0.4, -0.2) is 31.9 Å². The summed E-state index contributed by atoms with van der Waals surface area (Å²) in [5.74, 6) is -0.338. The minimum atomic E-state index is -3.24. The maximum atomic E-state index is 11.9. The van der Waals surface area contributed by atoms with E-state index < -0.39 is 14.6 Å². The van der Waals surface area contributed by atoms with Crippen LogP contribution in [0.15, 0.2) is 18.2 Å². The van der Waals surface area contributed by atoms with Crippen LogP contribution in [0.2, 0.25) is 5.02 Å². The molecule has 0 unspecified atom stereocenters. The van der Waals surface area contributed by atoms with Gasteiger partial charge in [0.25, 0.3) is 5.91 Å². The minimum Gasteiger partial charge on any atom is -0.350 e. The monoisotopic (exact) mass is 415 g/mol. The third-order valence-corrected chi connectivity index (χ3v) is 6.58. The standard InChI is InChI=1S/C12H15ClINO3S/c1-12(2,19(3,17)18)7-15-11(16)8-4-5-10(14)9(13)6-8/h4-6H,7H2,1-3H3,(H,15,16). The molecule has 0 heterocycles. The zero-order valence-electron chi connectivity index (χ0n) is 10.8. The third kappa shape index (κ3) is 4.32. The van der Waals surface area contributed by atoms with Crippen LogP contribution in [0.4, 0.5) is 0 Å². The molecule has 0 aliphatic heterocycles. The third-order valence-electron chi connectivity index (χ3n) is 2.86. The normalized spacial score (nSPS) is 12.3. The summed E-state index contributed by atoms with van der Waals surface area (Å²) >= 11 is 8.00. The summed E-state index contributed by atoms with van der Waals surface area (Å²) in [6, 6.07) is 4.95. The topological polar surface area (TPSA) is 63.2 Å². The van der Waals surface area contributed by atoms with E-state index in [0.717, 1.165) is 9.83 Å². The van der Waals surface area contributed by atoms with E-state index in [1.807, 2.05) is 0 Å². The number of carbonyl (C=O) groups is 1. The number of nitrogens with one attached hydrogen (secondary N) is 1. The molecule has 1 amide bonds. The Morgan fingerprint density at radius 3 is 2.47 bits per heavy atom. The highest BCUT2D eigenvalue weighted by atomic mass is 127. The molecule has 0 atom stereocenters. The first kappa shape index (κ1) is 16.7. The molecule has 0 aliphatic rings.